The Morgan fingerprint density at radius 3 is 3.06 bits per heavy atom. The third-order valence-corrected chi connectivity index (χ3v) is 3.25. The van der Waals surface area contributed by atoms with Crippen LogP contribution >= 0.6 is 0 Å². The Balaban J connectivity index is 1.82. The molecular formula is C13H18O4. The van der Waals surface area contributed by atoms with Gasteiger partial charge in [-0.2, -0.15) is 0 Å². The summed E-state index contributed by atoms with van der Waals surface area (Å²) in [5, 5.41) is 8.75. The number of furan rings is 1. The molecule has 0 radical (unpaired) electrons. The minimum Gasteiger partial charge on any atom is -0.478 e. The molecule has 1 aromatic heterocycles. The van der Waals surface area contributed by atoms with Crippen molar-refractivity contribution in [2.75, 3.05) is 0 Å². The minimum absolute atomic E-state index is 0.181. The molecule has 0 aliphatic heterocycles. The number of rotatable bonds is 4. The number of ether oxygens (including phenoxy) is 1. The van der Waals surface area contributed by atoms with Gasteiger partial charge in [0.2, 0.25) is 0 Å². The average molecular weight is 238 g/mol. The summed E-state index contributed by atoms with van der Waals surface area (Å²) in [6.45, 7) is 2.61. The largest absolute Gasteiger partial charge is 0.478 e. The standard InChI is InChI=1S/C13H18O4/c1-9-3-2-4-11(5-9)17-8-12-6-10(7-16-12)13(14)15/h6-7,9,11H,2-5,8H2,1H3,(H,14,15). The lowest BCUT2D eigenvalue weighted by Crippen LogP contribution is -2.21. The second-order valence-corrected chi connectivity index (χ2v) is 4.81. The van der Waals surface area contributed by atoms with Crippen molar-refractivity contribution in [3.05, 3.63) is 23.7 Å². The van der Waals surface area contributed by atoms with E-state index in [1.807, 2.05) is 0 Å². The van der Waals surface area contributed by atoms with E-state index in [4.69, 9.17) is 14.3 Å². The van der Waals surface area contributed by atoms with E-state index in [0.29, 0.717) is 12.4 Å². The zero-order valence-electron chi connectivity index (χ0n) is 10.0. The lowest BCUT2D eigenvalue weighted by Gasteiger charge is -2.26. The van der Waals surface area contributed by atoms with Crippen LogP contribution in [0.15, 0.2) is 16.7 Å². The highest BCUT2D eigenvalue weighted by Crippen LogP contribution is 2.26. The molecule has 4 nitrogen and oxygen atoms in total. The summed E-state index contributed by atoms with van der Waals surface area (Å²) in [5.74, 6) is 0.340. The molecule has 1 saturated carbocycles. The van der Waals surface area contributed by atoms with Crippen LogP contribution in [0.3, 0.4) is 0 Å². The normalized spacial score (nSPS) is 24.8. The molecule has 1 fully saturated rings. The number of hydrogen-bond acceptors (Lipinski definition) is 3. The van der Waals surface area contributed by atoms with Crippen LogP contribution in [0, 0.1) is 5.92 Å². The van der Waals surface area contributed by atoms with Crippen molar-refractivity contribution in [3.63, 3.8) is 0 Å². The molecule has 2 rings (SSSR count). The van der Waals surface area contributed by atoms with Gasteiger partial charge in [-0.1, -0.05) is 19.8 Å². The maximum Gasteiger partial charge on any atom is 0.338 e. The van der Waals surface area contributed by atoms with Crippen molar-refractivity contribution in [1.82, 2.24) is 0 Å². The Labute approximate surface area is 101 Å². The van der Waals surface area contributed by atoms with Crippen molar-refractivity contribution >= 4 is 5.97 Å². The van der Waals surface area contributed by atoms with Crippen LogP contribution in [0.1, 0.15) is 48.7 Å². The van der Waals surface area contributed by atoms with E-state index in [2.05, 4.69) is 6.92 Å². The molecule has 0 saturated heterocycles. The third-order valence-electron chi connectivity index (χ3n) is 3.25. The van der Waals surface area contributed by atoms with Gasteiger partial charge in [-0.3, -0.25) is 0 Å². The molecule has 17 heavy (non-hydrogen) atoms. The predicted octanol–water partition coefficient (Wildman–Crippen LogP) is 3.07. The summed E-state index contributed by atoms with van der Waals surface area (Å²) in [5.41, 5.74) is 0.181. The Bertz CT molecular complexity index is 383. The van der Waals surface area contributed by atoms with Gasteiger partial charge >= 0.3 is 5.97 Å². The van der Waals surface area contributed by atoms with E-state index < -0.39 is 5.97 Å². The molecule has 0 bridgehead atoms. The highest BCUT2D eigenvalue weighted by Gasteiger charge is 2.19. The molecule has 1 heterocycles. The maximum atomic E-state index is 10.7. The molecule has 0 aromatic carbocycles. The first-order valence-corrected chi connectivity index (χ1v) is 6.07. The molecule has 2 atom stereocenters. The first kappa shape index (κ1) is 12.2. The number of carboxylic acid groups (broad SMARTS) is 1. The van der Waals surface area contributed by atoms with Crippen molar-refractivity contribution in [3.8, 4) is 0 Å². The van der Waals surface area contributed by atoms with Crippen LogP contribution in [0.4, 0.5) is 0 Å². The summed E-state index contributed by atoms with van der Waals surface area (Å²) < 4.78 is 10.9. The minimum atomic E-state index is -0.966. The number of aromatic carboxylic acids is 1. The van der Waals surface area contributed by atoms with Gasteiger partial charge in [0.1, 0.15) is 18.6 Å². The highest BCUT2D eigenvalue weighted by molar-refractivity contribution is 5.87. The number of hydrogen-bond donors (Lipinski definition) is 1. The summed E-state index contributed by atoms with van der Waals surface area (Å²) in [6.07, 6.45) is 6.22. The topological polar surface area (TPSA) is 59.7 Å². The van der Waals surface area contributed by atoms with Gasteiger partial charge in [0.25, 0.3) is 0 Å². The SMILES string of the molecule is CC1CCCC(OCc2cc(C(=O)O)co2)C1. The predicted molar refractivity (Wildman–Crippen MR) is 61.9 cm³/mol. The molecule has 1 aliphatic rings. The number of carboxylic acids is 1. The summed E-state index contributed by atoms with van der Waals surface area (Å²) in [6, 6.07) is 1.52. The van der Waals surface area contributed by atoms with Crippen LogP contribution in [0.25, 0.3) is 0 Å². The Kier molecular flexibility index (Phi) is 3.84. The molecule has 2 unspecified atom stereocenters. The van der Waals surface area contributed by atoms with E-state index in [1.165, 1.54) is 25.2 Å². The van der Waals surface area contributed by atoms with Crippen LogP contribution in [0.2, 0.25) is 0 Å². The van der Waals surface area contributed by atoms with E-state index in [1.54, 1.807) is 0 Å². The molecule has 1 N–H and O–H groups in total. The van der Waals surface area contributed by atoms with E-state index in [0.717, 1.165) is 18.8 Å². The van der Waals surface area contributed by atoms with E-state index in [9.17, 15) is 4.79 Å². The fourth-order valence-corrected chi connectivity index (χ4v) is 2.30. The van der Waals surface area contributed by atoms with Gasteiger partial charge in [-0.15, -0.1) is 0 Å². The molecule has 1 aliphatic carbocycles. The fraction of sp³-hybridized carbons (Fsp3) is 0.615. The summed E-state index contributed by atoms with van der Waals surface area (Å²) >= 11 is 0. The van der Waals surface area contributed by atoms with Gasteiger partial charge in [-0.25, -0.2) is 4.79 Å². The van der Waals surface area contributed by atoms with Gasteiger partial charge in [-0.05, 0) is 24.8 Å². The smallest absolute Gasteiger partial charge is 0.338 e. The average Bonchev–Trinajstić information content (AvgIpc) is 2.75. The zero-order valence-corrected chi connectivity index (χ0v) is 10.0. The Morgan fingerprint density at radius 2 is 2.41 bits per heavy atom. The lowest BCUT2D eigenvalue weighted by molar-refractivity contribution is -0.00264. The molecule has 4 heteroatoms. The lowest BCUT2D eigenvalue weighted by atomic mass is 9.89. The Morgan fingerprint density at radius 1 is 1.59 bits per heavy atom. The van der Waals surface area contributed by atoms with Crippen LogP contribution < -0.4 is 0 Å². The van der Waals surface area contributed by atoms with Gasteiger partial charge in [0.05, 0.1) is 11.7 Å². The first-order chi connectivity index (χ1) is 8.15. The molecular weight excluding hydrogens is 220 g/mol. The van der Waals surface area contributed by atoms with Crippen molar-refractivity contribution in [2.24, 2.45) is 5.92 Å². The van der Waals surface area contributed by atoms with Crippen molar-refractivity contribution in [1.29, 1.82) is 0 Å². The molecule has 1 aromatic rings. The second-order valence-electron chi connectivity index (χ2n) is 4.81. The summed E-state index contributed by atoms with van der Waals surface area (Å²) in [7, 11) is 0. The van der Waals surface area contributed by atoms with Gasteiger partial charge < -0.3 is 14.3 Å². The van der Waals surface area contributed by atoms with Crippen molar-refractivity contribution in [2.45, 2.75) is 45.3 Å². The molecule has 0 spiro atoms. The fourth-order valence-electron chi connectivity index (χ4n) is 2.30. The summed E-state index contributed by atoms with van der Waals surface area (Å²) in [4.78, 5) is 10.7. The third kappa shape index (κ3) is 3.33. The van der Waals surface area contributed by atoms with Crippen LogP contribution in [0.5, 0.6) is 0 Å². The Hall–Kier alpha value is -1.29. The maximum absolute atomic E-state index is 10.7. The number of carbonyl (C=O) groups is 1. The van der Waals surface area contributed by atoms with Gasteiger partial charge in [0.15, 0.2) is 0 Å². The first-order valence-electron chi connectivity index (χ1n) is 6.07. The van der Waals surface area contributed by atoms with Crippen LogP contribution in [-0.4, -0.2) is 17.2 Å². The van der Waals surface area contributed by atoms with E-state index in [-0.39, 0.29) is 11.7 Å². The molecule has 0 amide bonds. The zero-order chi connectivity index (χ0) is 12.3. The molecule has 94 valence electrons. The van der Waals surface area contributed by atoms with Crippen LogP contribution in [-0.2, 0) is 11.3 Å². The monoisotopic (exact) mass is 238 g/mol. The second kappa shape index (κ2) is 5.36. The van der Waals surface area contributed by atoms with E-state index >= 15 is 0 Å². The van der Waals surface area contributed by atoms with Crippen molar-refractivity contribution < 1.29 is 19.1 Å². The highest BCUT2D eigenvalue weighted by atomic mass is 16.5. The quantitative estimate of drug-likeness (QED) is 0.875. The van der Waals surface area contributed by atoms with Gasteiger partial charge in [0, 0.05) is 0 Å².